The Bertz CT molecular complexity index is 595. The maximum Gasteiger partial charge on any atom is 0.313 e. The van der Waals surface area contributed by atoms with Gasteiger partial charge in [0.05, 0.1) is 13.2 Å². The van der Waals surface area contributed by atoms with Gasteiger partial charge < -0.3 is 20.1 Å². The van der Waals surface area contributed by atoms with Crippen LogP contribution in [0.3, 0.4) is 0 Å². The molecule has 1 aliphatic carbocycles. The van der Waals surface area contributed by atoms with Crippen molar-refractivity contribution in [1.29, 1.82) is 0 Å². The first-order chi connectivity index (χ1) is 11.7. The number of rotatable bonds is 2. The van der Waals surface area contributed by atoms with Crippen LogP contribution in [-0.4, -0.2) is 31.1 Å². The fraction of sp³-hybridized carbons (Fsp3) is 0.556. The molecule has 6 nitrogen and oxygen atoms in total. The lowest BCUT2D eigenvalue weighted by molar-refractivity contribution is -0.136. The Kier molecular flexibility index (Phi) is 5.56. The summed E-state index contributed by atoms with van der Waals surface area (Å²) < 4.78 is 11.1. The molecule has 0 spiro atoms. The van der Waals surface area contributed by atoms with Crippen molar-refractivity contribution in [3.63, 3.8) is 0 Å². The van der Waals surface area contributed by atoms with Crippen LogP contribution in [0, 0.1) is 0 Å². The fourth-order valence-electron chi connectivity index (χ4n) is 3.10. The van der Waals surface area contributed by atoms with Gasteiger partial charge in [0, 0.05) is 24.2 Å². The van der Waals surface area contributed by atoms with Crippen molar-refractivity contribution in [2.75, 3.05) is 18.5 Å². The molecule has 3 rings (SSSR count). The average Bonchev–Trinajstić information content (AvgIpc) is 2.97. The van der Waals surface area contributed by atoms with Crippen LogP contribution in [0.1, 0.15) is 44.9 Å². The summed E-state index contributed by atoms with van der Waals surface area (Å²) in [4.78, 5) is 24.2. The van der Waals surface area contributed by atoms with E-state index in [1.54, 1.807) is 18.2 Å². The fourth-order valence-corrected chi connectivity index (χ4v) is 3.10. The predicted molar refractivity (Wildman–Crippen MR) is 90.3 cm³/mol. The molecule has 130 valence electrons. The van der Waals surface area contributed by atoms with Crippen LogP contribution in [0.25, 0.3) is 0 Å². The first-order valence-corrected chi connectivity index (χ1v) is 8.74. The van der Waals surface area contributed by atoms with E-state index in [0.717, 1.165) is 32.1 Å². The molecule has 6 heteroatoms. The summed E-state index contributed by atoms with van der Waals surface area (Å²) >= 11 is 0. The zero-order chi connectivity index (χ0) is 16.8. The molecule has 1 aliphatic heterocycles. The number of hydrogen-bond acceptors (Lipinski definition) is 4. The van der Waals surface area contributed by atoms with E-state index >= 15 is 0 Å². The van der Waals surface area contributed by atoms with Crippen LogP contribution in [0.5, 0.6) is 11.5 Å². The van der Waals surface area contributed by atoms with Crippen LogP contribution in [-0.2, 0) is 9.59 Å². The molecule has 0 aromatic heterocycles. The van der Waals surface area contributed by atoms with Crippen molar-refractivity contribution in [3.05, 3.63) is 18.2 Å². The molecular formula is C18H24N2O4. The maximum atomic E-state index is 12.1. The zero-order valence-corrected chi connectivity index (χ0v) is 13.8. The topological polar surface area (TPSA) is 76.7 Å². The third kappa shape index (κ3) is 4.40. The molecule has 24 heavy (non-hydrogen) atoms. The highest BCUT2D eigenvalue weighted by atomic mass is 16.5. The molecule has 2 aliphatic rings. The molecule has 0 unspecified atom stereocenters. The number of benzene rings is 1. The van der Waals surface area contributed by atoms with Gasteiger partial charge in [0.15, 0.2) is 11.5 Å². The minimum Gasteiger partial charge on any atom is -0.490 e. The van der Waals surface area contributed by atoms with E-state index in [4.69, 9.17) is 9.47 Å². The minimum atomic E-state index is -0.645. The lowest BCUT2D eigenvalue weighted by Crippen LogP contribution is -2.41. The van der Waals surface area contributed by atoms with Gasteiger partial charge in [0.1, 0.15) is 0 Å². The van der Waals surface area contributed by atoms with E-state index in [1.807, 2.05) is 0 Å². The Morgan fingerprint density at radius 1 is 0.875 bits per heavy atom. The van der Waals surface area contributed by atoms with E-state index in [1.165, 1.54) is 12.8 Å². The first kappa shape index (κ1) is 16.6. The largest absolute Gasteiger partial charge is 0.490 e. The van der Waals surface area contributed by atoms with Crippen LogP contribution in [0.15, 0.2) is 18.2 Å². The summed E-state index contributed by atoms with van der Waals surface area (Å²) in [5, 5.41) is 5.48. The highest BCUT2D eigenvalue weighted by Crippen LogP contribution is 2.32. The zero-order valence-electron chi connectivity index (χ0n) is 13.8. The average molecular weight is 332 g/mol. The highest BCUT2D eigenvalue weighted by molar-refractivity contribution is 6.39. The quantitative estimate of drug-likeness (QED) is 0.645. The van der Waals surface area contributed by atoms with Crippen molar-refractivity contribution in [3.8, 4) is 11.5 Å². The summed E-state index contributed by atoms with van der Waals surface area (Å²) in [6.45, 7) is 1.19. The number of carbonyl (C=O) groups is 2. The van der Waals surface area contributed by atoms with Gasteiger partial charge in [0.2, 0.25) is 0 Å². The number of nitrogens with one attached hydrogen (secondary N) is 2. The van der Waals surface area contributed by atoms with Gasteiger partial charge in [-0.2, -0.15) is 0 Å². The molecule has 0 radical (unpaired) electrons. The van der Waals surface area contributed by atoms with Crippen LogP contribution < -0.4 is 20.1 Å². The number of ether oxygens (including phenoxy) is 2. The van der Waals surface area contributed by atoms with Crippen molar-refractivity contribution in [2.45, 2.75) is 51.0 Å². The summed E-state index contributed by atoms with van der Waals surface area (Å²) in [5.74, 6) is 0.0330. The Morgan fingerprint density at radius 3 is 2.33 bits per heavy atom. The SMILES string of the molecule is O=C(Nc1ccc2c(c1)OCCCO2)C(=O)NC1CCCCCC1. The number of anilines is 1. The highest BCUT2D eigenvalue weighted by Gasteiger charge is 2.20. The molecule has 1 aromatic carbocycles. The van der Waals surface area contributed by atoms with E-state index < -0.39 is 11.8 Å². The van der Waals surface area contributed by atoms with Gasteiger partial charge in [-0.25, -0.2) is 0 Å². The molecule has 2 amide bonds. The van der Waals surface area contributed by atoms with E-state index in [0.29, 0.717) is 30.4 Å². The van der Waals surface area contributed by atoms with Gasteiger partial charge in [0.25, 0.3) is 0 Å². The molecule has 1 fully saturated rings. The monoisotopic (exact) mass is 332 g/mol. The Labute approximate surface area is 141 Å². The molecule has 0 bridgehead atoms. The molecule has 1 aromatic rings. The van der Waals surface area contributed by atoms with Crippen molar-refractivity contribution < 1.29 is 19.1 Å². The Hall–Kier alpha value is -2.24. The summed E-state index contributed by atoms with van der Waals surface area (Å²) in [5.41, 5.74) is 0.528. The smallest absolute Gasteiger partial charge is 0.313 e. The second-order valence-corrected chi connectivity index (χ2v) is 6.33. The third-order valence-electron chi connectivity index (χ3n) is 4.40. The summed E-state index contributed by atoms with van der Waals surface area (Å²) in [6, 6.07) is 5.26. The van der Waals surface area contributed by atoms with Gasteiger partial charge in [-0.15, -0.1) is 0 Å². The summed E-state index contributed by atoms with van der Waals surface area (Å²) in [6.07, 6.45) is 7.33. The van der Waals surface area contributed by atoms with Gasteiger partial charge >= 0.3 is 11.8 Å². The minimum absolute atomic E-state index is 0.106. The third-order valence-corrected chi connectivity index (χ3v) is 4.40. The second-order valence-electron chi connectivity index (χ2n) is 6.33. The Balaban J connectivity index is 1.57. The normalized spacial score (nSPS) is 18.2. The van der Waals surface area contributed by atoms with Crippen molar-refractivity contribution in [1.82, 2.24) is 5.32 Å². The second kappa shape index (κ2) is 8.04. The standard InChI is InChI=1S/C18H24N2O4/c21-17(19-13-6-3-1-2-4-7-13)18(22)20-14-8-9-15-16(12-14)24-11-5-10-23-15/h8-9,12-13H,1-7,10-11H2,(H,19,21)(H,20,22). The van der Waals surface area contributed by atoms with Crippen molar-refractivity contribution in [2.24, 2.45) is 0 Å². The predicted octanol–water partition coefficient (Wildman–Crippen LogP) is 2.63. The van der Waals surface area contributed by atoms with Crippen LogP contribution in [0.2, 0.25) is 0 Å². The molecule has 0 saturated heterocycles. The Morgan fingerprint density at radius 2 is 1.58 bits per heavy atom. The van der Waals surface area contributed by atoms with Crippen molar-refractivity contribution >= 4 is 17.5 Å². The number of hydrogen-bond donors (Lipinski definition) is 2. The first-order valence-electron chi connectivity index (χ1n) is 8.74. The lowest BCUT2D eigenvalue weighted by atomic mass is 10.1. The molecule has 1 heterocycles. The summed E-state index contributed by atoms with van der Waals surface area (Å²) in [7, 11) is 0. The number of amides is 2. The van der Waals surface area contributed by atoms with Gasteiger partial charge in [-0.1, -0.05) is 25.7 Å². The van der Waals surface area contributed by atoms with Crippen LogP contribution in [0.4, 0.5) is 5.69 Å². The maximum absolute atomic E-state index is 12.1. The lowest BCUT2D eigenvalue weighted by Gasteiger charge is -2.16. The molecule has 0 atom stereocenters. The van der Waals surface area contributed by atoms with Gasteiger partial charge in [-0.05, 0) is 25.0 Å². The number of fused-ring (bicyclic) bond motifs is 1. The molecule has 2 N–H and O–H groups in total. The molecular weight excluding hydrogens is 308 g/mol. The van der Waals surface area contributed by atoms with E-state index in [-0.39, 0.29) is 6.04 Å². The van der Waals surface area contributed by atoms with E-state index in [2.05, 4.69) is 10.6 Å². The van der Waals surface area contributed by atoms with Gasteiger partial charge in [-0.3, -0.25) is 9.59 Å². The molecule has 1 saturated carbocycles. The van der Waals surface area contributed by atoms with E-state index in [9.17, 15) is 9.59 Å². The number of carbonyl (C=O) groups excluding carboxylic acids is 2. The van der Waals surface area contributed by atoms with Crippen LogP contribution >= 0.6 is 0 Å².